The van der Waals surface area contributed by atoms with E-state index in [1.54, 1.807) is 0 Å². The maximum absolute atomic E-state index is 5.94. The van der Waals surface area contributed by atoms with Crippen LogP contribution in [0, 0.1) is 25.2 Å². The lowest BCUT2D eigenvalue weighted by Crippen LogP contribution is -2.23. The van der Waals surface area contributed by atoms with Crippen molar-refractivity contribution >= 4 is 12.0 Å². The zero-order valence-corrected chi connectivity index (χ0v) is 18.8. The zero-order chi connectivity index (χ0) is 20.2. The molecule has 0 N–H and O–H groups in total. The molecule has 0 fully saturated rings. The molecule has 0 aromatic heterocycles. The fourth-order valence-corrected chi connectivity index (χ4v) is 4.45. The van der Waals surface area contributed by atoms with Gasteiger partial charge >= 0.3 is 0 Å². The summed E-state index contributed by atoms with van der Waals surface area (Å²) in [6.07, 6.45) is -0.329. The second-order valence-corrected chi connectivity index (χ2v) is 9.59. The summed E-state index contributed by atoms with van der Waals surface area (Å²) in [5.74, 6) is 1.94. The van der Waals surface area contributed by atoms with E-state index in [1.807, 2.05) is 6.92 Å². The summed E-state index contributed by atoms with van der Waals surface area (Å²) >= 11 is 1.37. The summed E-state index contributed by atoms with van der Waals surface area (Å²) in [5.41, 5.74) is 4.08. The molecule has 148 valence electrons. The fourth-order valence-electron chi connectivity index (χ4n) is 3.86. The van der Waals surface area contributed by atoms with E-state index < -0.39 is 0 Å². The van der Waals surface area contributed by atoms with Gasteiger partial charge in [-0.15, -0.1) is 0 Å². The van der Waals surface area contributed by atoms with Crippen molar-refractivity contribution in [3.63, 3.8) is 0 Å². The topological polar surface area (TPSA) is 18.5 Å². The van der Waals surface area contributed by atoms with Gasteiger partial charge in [0.25, 0.3) is 0 Å². The molecule has 0 spiro atoms. The highest BCUT2D eigenvalue weighted by Gasteiger charge is 2.28. The standard InChI is InChI=1S/C24H34O2S/c1-16(2)23(24(6,7)8)20-10-12-21(13-11-20)25-19(5)26-27-22-14-9-17(3)15-18(22)4/h9-16,19,23H,1-8H3. The van der Waals surface area contributed by atoms with Crippen LogP contribution in [-0.2, 0) is 4.18 Å². The predicted molar refractivity (Wildman–Crippen MR) is 116 cm³/mol. The van der Waals surface area contributed by atoms with Crippen LogP contribution in [0.15, 0.2) is 47.4 Å². The van der Waals surface area contributed by atoms with Crippen LogP contribution in [0.1, 0.15) is 64.2 Å². The molecule has 3 heteroatoms. The van der Waals surface area contributed by atoms with Crippen molar-refractivity contribution in [1.82, 2.24) is 0 Å². The summed E-state index contributed by atoms with van der Waals surface area (Å²) in [7, 11) is 0. The molecule has 2 aromatic rings. The maximum Gasteiger partial charge on any atom is 0.209 e. The van der Waals surface area contributed by atoms with Gasteiger partial charge in [0, 0.05) is 16.9 Å². The van der Waals surface area contributed by atoms with Gasteiger partial charge in [-0.05, 0) is 67.3 Å². The lowest BCUT2D eigenvalue weighted by atomic mass is 9.70. The third-order valence-corrected chi connectivity index (χ3v) is 5.75. The molecular formula is C24H34O2S. The van der Waals surface area contributed by atoms with Gasteiger partial charge in [-0.2, -0.15) is 0 Å². The second kappa shape index (κ2) is 9.16. The molecule has 2 aromatic carbocycles. The number of aryl methyl sites for hydroxylation is 2. The van der Waals surface area contributed by atoms with Gasteiger partial charge in [0.05, 0.1) is 0 Å². The number of rotatable bonds is 7. The molecule has 0 saturated heterocycles. The summed E-state index contributed by atoms with van der Waals surface area (Å²) in [6, 6.07) is 14.8. The summed E-state index contributed by atoms with van der Waals surface area (Å²) < 4.78 is 11.8. The average molecular weight is 387 g/mol. The Bertz CT molecular complexity index is 729. The van der Waals surface area contributed by atoms with E-state index in [-0.39, 0.29) is 11.7 Å². The van der Waals surface area contributed by atoms with Crippen molar-refractivity contribution in [2.45, 2.75) is 72.5 Å². The zero-order valence-electron chi connectivity index (χ0n) is 18.0. The Morgan fingerprint density at radius 2 is 1.52 bits per heavy atom. The SMILES string of the molecule is Cc1ccc(SOC(C)Oc2ccc(C(C(C)C)C(C)(C)C)cc2)c(C)c1. The molecule has 0 radical (unpaired) electrons. The maximum atomic E-state index is 5.94. The Hall–Kier alpha value is -1.45. The number of hydrogen-bond donors (Lipinski definition) is 0. The molecule has 27 heavy (non-hydrogen) atoms. The molecular weight excluding hydrogens is 352 g/mol. The van der Waals surface area contributed by atoms with Crippen molar-refractivity contribution < 1.29 is 8.92 Å². The largest absolute Gasteiger partial charge is 0.464 e. The van der Waals surface area contributed by atoms with E-state index in [1.165, 1.54) is 28.7 Å². The van der Waals surface area contributed by atoms with Crippen molar-refractivity contribution in [2.24, 2.45) is 11.3 Å². The fraction of sp³-hybridized carbons (Fsp3) is 0.500. The minimum absolute atomic E-state index is 0.232. The molecule has 2 atom stereocenters. The summed E-state index contributed by atoms with van der Waals surface area (Å²) in [6.45, 7) is 17.6. The van der Waals surface area contributed by atoms with Gasteiger partial charge in [-0.1, -0.05) is 64.4 Å². The van der Waals surface area contributed by atoms with E-state index in [9.17, 15) is 0 Å². The normalized spacial score (nSPS) is 14.3. The highest BCUT2D eigenvalue weighted by atomic mass is 32.2. The van der Waals surface area contributed by atoms with Crippen LogP contribution in [0.5, 0.6) is 5.75 Å². The highest BCUT2D eigenvalue weighted by Crippen LogP contribution is 2.41. The smallest absolute Gasteiger partial charge is 0.209 e. The van der Waals surface area contributed by atoms with Gasteiger partial charge in [0.15, 0.2) is 0 Å². The van der Waals surface area contributed by atoms with Crippen molar-refractivity contribution in [3.05, 3.63) is 59.2 Å². The van der Waals surface area contributed by atoms with Crippen LogP contribution in [0.2, 0.25) is 0 Å². The molecule has 0 aliphatic rings. The molecule has 2 rings (SSSR count). The van der Waals surface area contributed by atoms with Crippen LogP contribution >= 0.6 is 12.0 Å². The number of ether oxygens (including phenoxy) is 1. The molecule has 0 amide bonds. The van der Waals surface area contributed by atoms with Gasteiger partial charge < -0.3 is 4.74 Å². The first-order chi connectivity index (χ1) is 12.6. The first-order valence-corrected chi connectivity index (χ1v) is 10.5. The van der Waals surface area contributed by atoms with Gasteiger partial charge in [0.2, 0.25) is 6.29 Å². The van der Waals surface area contributed by atoms with E-state index in [0.717, 1.165) is 10.6 Å². The Kier molecular flexibility index (Phi) is 7.41. The minimum Gasteiger partial charge on any atom is -0.464 e. The van der Waals surface area contributed by atoms with Crippen LogP contribution in [0.4, 0.5) is 0 Å². The Labute approximate surface area is 169 Å². The van der Waals surface area contributed by atoms with Gasteiger partial charge in [-0.25, -0.2) is 0 Å². The minimum atomic E-state index is -0.329. The Morgan fingerprint density at radius 3 is 2.04 bits per heavy atom. The van der Waals surface area contributed by atoms with E-state index in [4.69, 9.17) is 8.92 Å². The third kappa shape index (κ3) is 6.29. The van der Waals surface area contributed by atoms with Gasteiger partial charge in [-0.3, -0.25) is 4.18 Å². The van der Waals surface area contributed by atoms with Crippen molar-refractivity contribution in [3.8, 4) is 5.75 Å². The third-order valence-electron chi connectivity index (χ3n) is 4.74. The van der Waals surface area contributed by atoms with Crippen LogP contribution < -0.4 is 4.74 Å². The highest BCUT2D eigenvalue weighted by molar-refractivity contribution is 7.94. The van der Waals surface area contributed by atoms with Crippen molar-refractivity contribution in [1.29, 1.82) is 0 Å². The van der Waals surface area contributed by atoms with E-state index >= 15 is 0 Å². The lowest BCUT2D eigenvalue weighted by Gasteiger charge is -2.34. The average Bonchev–Trinajstić information content (AvgIpc) is 2.54. The van der Waals surface area contributed by atoms with Gasteiger partial charge in [0.1, 0.15) is 5.75 Å². The molecule has 0 bridgehead atoms. The lowest BCUT2D eigenvalue weighted by molar-refractivity contribution is 0.0404. The molecule has 0 aliphatic carbocycles. The molecule has 0 aliphatic heterocycles. The first-order valence-electron chi connectivity index (χ1n) is 9.75. The molecule has 0 heterocycles. The quantitative estimate of drug-likeness (QED) is 0.362. The molecule has 0 saturated carbocycles. The predicted octanol–water partition coefficient (Wildman–Crippen LogP) is 7.54. The number of hydrogen-bond acceptors (Lipinski definition) is 3. The van der Waals surface area contributed by atoms with Crippen molar-refractivity contribution in [2.75, 3.05) is 0 Å². The summed E-state index contributed by atoms with van der Waals surface area (Å²) in [4.78, 5) is 1.12. The van der Waals surface area contributed by atoms with Crippen LogP contribution in [0.3, 0.4) is 0 Å². The second-order valence-electron chi connectivity index (χ2n) is 8.79. The first kappa shape index (κ1) is 21.8. The van der Waals surface area contributed by atoms with Crippen LogP contribution in [-0.4, -0.2) is 6.29 Å². The van der Waals surface area contributed by atoms with E-state index in [2.05, 4.69) is 90.9 Å². The molecule has 2 unspecified atom stereocenters. The monoisotopic (exact) mass is 386 g/mol. The summed E-state index contributed by atoms with van der Waals surface area (Å²) in [5, 5.41) is 0. The Balaban J connectivity index is 1.97. The molecule has 2 nitrogen and oxygen atoms in total. The Morgan fingerprint density at radius 1 is 0.889 bits per heavy atom. The van der Waals surface area contributed by atoms with Crippen LogP contribution in [0.25, 0.3) is 0 Å². The van der Waals surface area contributed by atoms with E-state index in [0.29, 0.717) is 11.8 Å². The number of benzene rings is 2.